The molecule has 0 fully saturated rings. The minimum absolute atomic E-state index is 0.0586. The lowest BCUT2D eigenvalue weighted by Crippen LogP contribution is -2.45. The third kappa shape index (κ3) is 3.40. The molecular weight excluding hydrogens is 190 g/mol. The van der Waals surface area contributed by atoms with E-state index in [1.807, 2.05) is 36.4 Å². The number of aliphatic hydroxyl groups is 1. The number of nitriles is 2. The van der Waals surface area contributed by atoms with Crippen molar-refractivity contribution in [3.05, 3.63) is 35.9 Å². The molecule has 1 unspecified atom stereocenters. The first-order chi connectivity index (χ1) is 7.20. The van der Waals surface area contributed by atoms with Crippen LogP contribution >= 0.6 is 0 Å². The van der Waals surface area contributed by atoms with E-state index in [0.717, 1.165) is 5.56 Å². The molecule has 0 aliphatic heterocycles. The van der Waals surface area contributed by atoms with Gasteiger partial charge in [0, 0.05) is 6.42 Å². The van der Waals surface area contributed by atoms with Crippen molar-refractivity contribution in [1.29, 1.82) is 10.5 Å². The maximum atomic E-state index is 9.78. The van der Waals surface area contributed by atoms with Gasteiger partial charge in [-0.1, -0.05) is 30.3 Å². The quantitative estimate of drug-likeness (QED) is 0.423. The van der Waals surface area contributed by atoms with Gasteiger partial charge in [-0.2, -0.15) is 10.5 Å². The molecule has 0 bridgehead atoms. The molecule has 2 N–H and O–H groups in total. The monoisotopic (exact) mass is 201 g/mol. The lowest BCUT2D eigenvalue weighted by molar-refractivity contribution is 0.0671. The van der Waals surface area contributed by atoms with Gasteiger partial charge in [0.25, 0.3) is 0 Å². The highest BCUT2D eigenvalue weighted by Gasteiger charge is 2.25. The van der Waals surface area contributed by atoms with Gasteiger partial charge < -0.3 is 5.11 Å². The van der Waals surface area contributed by atoms with Crippen LogP contribution in [0.3, 0.4) is 0 Å². The van der Waals surface area contributed by atoms with Gasteiger partial charge in [-0.25, -0.2) is 0 Å². The van der Waals surface area contributed by atoms with Gasteiger partial charge in [-0.3, -0.25) is 5.32 Å². The Morgan fingerprint density at radius 1 is 1.27 bits per heavy atom. The van der Waals surface area contributed by atoms with Crippen LogP contribution in [0.25, 0.3) is 0 Å². The second-order valence-electron chi connectivity index (χ2n) is 3.15. The molecule has 0 aromatic heterocycles. The van der Waals surface area contributed by atoms with Crippen LogP contribution < -0.4 is 5.32 Å². The molecule has 4 heteroatoms. The van der Waals surface area contributed by atoms with E-state index in [1.165, 1.54) is 0 Å². The number of hydrogen-bond donors (Lipinski definition) is 2. The van der Waals surface area contributed by atoms with E-state index < -0.39 is 5.72 Å². The van der Waals surface area contributed by atoms with Gasteiger partial charge in [0.05, 0.1) is 12.6 Å². The lowest BCUT2D eigenvalue weighted by atomic mass is 10.0. The fourth-order valence-corrected chi connectivity index (χ4v) is 1.22. The second-order valence-corrected chi connectivity index (χ2v) is 3.15. The van der Waals surface area contributed by atoms with Gasteiger partial charge in [0.2, 0.25) is 5.72 Å². The zero-order valence-electron chi connectivity index (χ0n) is 8.14. The van der Waals surface area contributed by atoms with E-state index in [4.69, 9.17) is 10.5 Å². The van der Waals surface area contributed by atoms with Crippen molar-refractivity contribution >= 4 is 0 Å². The summed E-state index contributed by atoms with van der Waals surface area (Å²) in [5, 5.41) is 29.4. The SMILES string of the molecule is N#CCNC(O)(C#N)Cc1ccccc1. The number of rotatable bonds is 4. The number of nitrogens with one attached hydrogen (secondary N) is 1. The van der Waals surface area contributed by atoms with Crippen molar-refractivity contribution in [1.82, 2.24) is 5.32 Å². The summed E-state index contributed by atoms with van der Waals surface area (Å²) in [5.41, 5.74) is -0.830. The second kappa shape index (κ2) is 5.11. The molecule has 1 aromatic carbocycles. The molecule has 0 saturated carbocycles. The summed E-state index contributed by atoms with van der Waals surface area (Å²) in [6, 6.07) is 12.7. The van der Waals surface area contributed by atoms with E-state index in [0.29, 0.717) is 0 Å². The highest BCUT2D eigenvalue weighted by Crippen LogP contribution is 2.09. The summed E-state index contributed by atoms with van der Waals surface area (Å²) < 4.78 is 0. The summed E-state index contributed by atoms with van der Waals surface area (Å²) in [6.07, 6.45) is 0.159. The average Bonchev–Trinajstić information content (AvgIpc) is 2.28. The Bertz CT molecular complexity index is 391. The summed E-state index contributed by atoms with van der Waals surface area (Å²) in [5.74, 6) is 0. The van der Waals surface area contributed by atoms with Gasteiger partial charge in [-0.05, 0) is 5.56 Å². The van der Waals surface area contributed by atoms with Gasteiger partial charge >= 0.3 is 0 Å². The third-order valence-corrected chi connectivity index (χ3v) is 1.95. The van der Waals surface area contributed by atoms with Crippen molar-refractivity contribution in [3.8, 4) is 12.1 Å². The van der Waals surface area contributed by atoms with Crippen LogP contribution in [0.5, 0.6) is 0 Å². The Balaban J connectivity index is 2.70. The first-order valence-electron chi connectivity index (χ1n) is 4.50. The van der Waals surface area contributed by atoms with Gasteiger partial charge in [-0.15, -0.1) is 0 Å². The Hall–Kier alpha value is -1.88. The largest absolute Gasteiger partial charge is 0.363 e. The van der Waals surface area contributed by atoms with Crippen LogP contribution in [0.4, 0.5) is 0 Å². The van der Waals surface area contributed by atoms with E-state index in [2.05, 4.69) is 5.32 Å². The topological polar surface area (TPSA) is 79.8 Å². The number of benzene rings is 1. The maximum Gasteiger partial charge on any atom is 0.210 e. The van der Waals surface area contributed by atoms with Crippen molar-refractivity contribution in [2.24, 2.45) is 0 Å². The number of hydrogen-bond acceptors (Lipinski definition) is 4. The molecule has 1 rings (SSSR count). The fourth-order valence-electron chi connectivity index (χ4n) is 1.22. The van der Waals surface area contributed by atoms with Crippen LogP contribution in [0.15, 0.2) is 30.3 Å². The summed E-state index contributed by atoms with van der Waals surface area (Å²) >= 11 is 0. The predicted molar refractivity (Wildman–Crippen MR) is 54.3 cm³/mol. The van der Waals surface area contributed by atoms with Crippen LogP contribution in [0, 0.1) is 22.7 Å². The van der Waals surface area contributed by atoms with Crippen molar-refractivity contribution in [3.63, 3.8) is 0 Å². The Kier molecular flexibility index (Phi) is 3.82. The Morgan fingerprint density at radius 3 is 2.47 bits per heavy atom. The van der Waals surface area contributed by atoms with Gasteiger partial charge in [0.1, 0.15) is 6.07 Å². The predicted octanol–water partition coefficient (Wildman–Crippen LogP) is 0.554. The highest BCUT2D eigenvalue weighted by molar-refractivity contribution is 5.19. The molecule has 76 valence electrons. The lowest BCUT2D eigenvalue weighted by Gasteiger charge is -2.19. The van der Waals surface area contributed by atoms with Crippen LogP contribution in [-0.2, 0) is 6.42 Å². The summed E-state index contributed by atoms with van der Waals surface area (Å²) in [6.45, 7) is -0.0586. The minimum atomic E-state index is -1.67. The molecule has 0 heterocycles. The standard InChI is InChI=1S/C11H11N3O/c12-6-7-14-11(15,9-13)8-10-4-2-1-3-5-10/h1-5,14-15H,7-8H2. The molecule has 1 atom stereocenters. The van der Waals surface area contributed by atoms with Crippen LogP contribution in [0.2, 0.25) is 0 Å². The van der Waals surface area contributed by atoms with Gasteiger partial charge in [0.15, 0.2) is 0 Å². The molecule has 0 aliphatic carbocycles. The number of nitrogens with zero attached hydrogens (tertiary/aromatic N) is 2. The zero-order valence-corrected chi connectivity index (χ0v) is 8.14. The molecular formula is C11H11N3O. The smallest absolute Gasteiger partial charge is 0.210 e. The first kappa shape index (κ1) is 11.2. The molecule has 15 heavy (non-hydrogen) atoms. The van der Waals surface area contributed by atoms with E-state index >= 15 is 0 Å². The Labute approximate surface area is 88.4 Å². The van der Waals surface area contributed by atoms with Crippen molar-refractivity contribution in [2.45, 2.75) is 12.1 Å². The molecule has 1 aromatic rings. The highest BCUT2D eigenvalue weighted by atomic mass is 16.3. The van der Waals surface area contributed by atoms with E-state index in [9.17, 15) is 5.11 Å². The molecule has 0 saturated heterocycles. The summed E-state index contributed by atoms with van der Waals surface area (Å²) in [4.78, 5) is 0. The summed E-state index contributed by atoms with van der Waals surface area (Å²) in [7, 11) is 0. The normalized spacial score (nSPS) is 13.5. The van der Waals surface area contributed by atoms with Crippen molar-refractivity contribution < 1.29 is 5.11 Å². The fraction of sp³-hybridized carbons (Fsp3) is 0.273. The Morgan fingerprint density at radius 2 is 1.93 bits per heavy atom. The molecule has 0 spiro atoms. The molecule has 0 radical (unpaired) electrons. The minimum Gasteiger partial charge on any atom is -0.363 e. The molecule has 0 amide bonds. The molecule has 4 nitrogen and oxygen atoms in total. The van der Waals surface area contributed by atoms with Crippen LogP contribution in [-0.4, -0.2) is 17.4 Å². The van der Waals surface area contributed by atoms with E-state index in [-0.39, 0.29) is 13.0 Å². The zero-order chi connectivity index (χ0) is 11.1. The maximum absolute atomic E-state index is 9.78. The van der Waals surface area contributed by atoms with Crippen LogP contribution in [0.1, 0.15) is 5.56 Å². The van der Waals surface area contributed by atoms with Crippen molar-refractivity contribution in [2.75, 3.05) is 6.54 Å². The third-order valence-electron chi connectivity index (χ3n) is 1.95. The first-order valence-corrected chi connectivity index (χ1v) is 4.50. The molecule has 0 aliphatic rings. The average molecular weight is 201 g/mol. The van der Waals surface area contributed by atoms with E-state index in [1.54, 1.807) is 6.07 Å².